The average Bonchev–Trinajstić information content (AvgIpc) is 2.54. The predicted molar refractivity (Wildman–Crippen MR) is 89.8 cm³/mol. The van der Waals surface area contributed by atoms with Crippen molar-refractivity contribution in [1.82, 2.24) is 4.98 Å². The van der Waals surface area contributed by atoms with Gasteiger partial charge in [-0.3, -0.25) is 0 Å². The van der Waals surface area contributed by atoms with Gasteiger partial charge in [0.2, 0.25) is 0 Å². The lowest BCUT2D eigenvalue weighted by Gasteiger charge is -2.13. The van der Waals surface area contributed by atoms with E-state index in [9.17, 15) is 5.11 Å². The average molecular weight is 295 g/mol. The monoisotopic (exact) mass is 295 g/mol. The number of para-hydroxylation sites is 2. The highest BCUT2D eigenvalue weighted by Gasteiger charge is 2.10. The molecule has 0 saturated carbocycles. The molecule has 0 saturated heterocycles. The van der Waals surface area contributed by atoms with Crippen LogP contribution in [0.2, 0.25) is 0 Å². The van der Waals surface area contributed by atoms with E-state index in [1.807, 2.05) is 36.4 Å². The van der Waals surface area contributed by atoms with Crippen molar-refractivity contribution in [2.24, 2.45) is 0 Å². The minimum Gasteiger partial charge on any atom is -0.391 e. The molecule has 1 unspecified atom stereocenters. The molecule has 3 aromatic rings. The Morgan fingerprint density at radius 2 is 1.59 bits per heavy atom. The van der Waals surface area contributed by atoms with Crippen molar-refractivity contribution in [1.29, 1.82) is 0 Å². The van der Waals surface area contributed by atoms with Gasteiger partial charge in [0, 0.05) is 10.8 Å². The van der Waals surface area contributed by atoms with Crippen LogP contribution in [0.15, 0.2) is 48.5 Å². The number of aromatic nitrogens is 1. The van der Waals surface area contributed by atoms with Gasteiger partial charge >= 0.3 is 0 Å². The summed E-state index contributed by atoms with van der Waals surface area (Å²) in [4.78, 5) is 4.71. The molecular weight excluding hydrogens is 274 g/mol. The summed E-state index contributed by atoms with van der Waals surface area (Å²) >= 11 is 0. The zero-order valence-corrected chi connectivity index (χ0v) is 12.8. The molecule has 0 aliphatic rings. The van der Waals surface area contributed by atoms with Crippen molar-refractivity contribution in [3.63, 3.8) is 0 Å². The highest BCUT2D eigenvalue weighted by Crippen LogP contribution is 2.26. The maximum atomic E-state index is 9.82. The van der Waals surface area contributed by atoms with Crippen LogP contribution in [0.25, 0.3) is 21.8 Å². The summed E-state index contributed by atoms with van der Waals surface area (Å²) in [5.74, 6) is 0. The molecule has 0 spiro atoms. The molecule has 22 heavy (non-hydrogen) atoms. The van der Waals surface area contributed by atoms with Gasteiger partial charge in [0.25, 0.3) is 0 Å². The maximum Gasteiger partial charge on any atom is 0.0773 e. The third-order valence-corrected chi connectivity index (χ3v) is 3.88. The van der Waals surface area contributed by atoms with E-state index < -0.39 is 0 Å². The standard InChI is InChI=1S/C19H21NO2/c1-2-7-14(21)12-22-13-17-15-8-3-5-10-18(15)20-19-11-6-4-9-16(17)19/h3-6,8-11,14,21H,2,7,12-13H2,1H3. The first-order valence-electron chi connectivity index (χ1n) is 7.81. The topological polar surface area (TPSA) is 42.4 Å². The molecule has 3 heteroatoms. The quantitative estimate of drug-likeness (QED) is 0.697. The first-order chi connectivity index (χ1) is 10.8. The van der Waals surface area contributed by atoms with Crippen molar-refractivity contribution in [3.8, 4) is 0 Å². The smallest absolute Gasteiger partial charge is 0.0773 e. The largest absolute Gasteiger partial charge is 0.391 e. The zero-order valence-electron chi connectivity index (χ0n) is 12.8. The third-order valence-electron chi connectivity index (χ3n) is 3.88. The molecule has 0 aliphatic carbocycles. The van der Waals surface area contributed by atoms with E-state index >= 15 is 0 Å². The van der Waals surface area contributed by atoms with Crippen LogP contribution in [0.3, 0.4) is 0 Å². The summed E-state index contributed by atoms with van der Waals surface area (Å²) in [6, 6.07) is 16.3. The van der Waals surface area contributed by atoms with Crippen LogP contribution in [0.4, 0.5) is 0 Å². The molecular formula is C19H21NO2. The summed E-state index contributed by atoms with van der Waals surface area (Å²) in [6.07, 6.45) is 1.35. The van der Waals surface area contributed by atoms with Crippen molar-refractivity contribution in [2.75, 3.05) is 6.61 Å². The Hall–Kier alpha value is -1.97. The Balaban J connectivity index is 1.94. The fourth-order valence-electron chi connectivity index (χ4n) is 2.80. The minimum atomic E-state index is -0.385. The lowest BCUT2D eigenvalue weighted by Crippen LogP contribution is -2.14. The highest BCUT2D eigenvalue weighted by molar-refractivity contribution is 5.97. The fourth-order valence-corrected chi connectivity index (χ4v) is 2.80. The number of pyridine rings is 1. The Bertz CT molecular complexity index is 716. The molecule has 3 nitrogen and oxygen atoms in total. The number of hydrogen-bond acceptors (Lipinski definition) is 3. The number of nitrogens with zero attached hydrogens (tertiary/aromatic N) is 1. The molecule has 1 N–H and O–H groups in total. The van der Waals surface area contributed by atoms with Crippen LogP contribution in [0.5, 0.6) is 0 Å². The number of ether oxygens (including phenoxy) is 1. The van der Waals surface area contributed by atoms with Crippen molar-refractivity contribution in [3.05, 3.63) is 54.1 Å². The number of aliphatic hydroxyl groups is 1. The van der Waals surface area contributed by atoms with Gasteiger partial charge in [-0.25, -0.2) is 4.98 Å². The second-order valence-corrected chi connectivity index (χ2v) is 5.58. The van der Waals surface area contributed by atoms with Gasteiger partial charge < -0.3 is 9.84 Å². The SMILES string of the molecule is CCCC(O)COCc1c2ccccc2nc2ccccc12. The molecule has 0 amide bonds. The second kappa shape index (κ2) is 6.86. The van der Waals surface area contributed by atoms with Gasteiger partial charge in [-0.2, -0.15) is 0 Å². The molecule has 2 aromatic carbocycles. The minimum absolute atomic E-state index is 0.374. The fraction of sp³-hybridized carbons (Fsp3) is 0.316. The normalized spacial score (nSPS) is 12.8. The van der Waals surface area contributed by atoms with Crippen LogP contribution in [0, 0.1) is 0 Å². The number of aliphatic hydroxyl groups excluding tert-OH is 1. The molecule has 114 valence electrons. The summed E-state index contributed by atoms with van der Waals surface area (Å²) in [5, 5.41) is 12.1. The third kappa shape index (κ3) is 3.11. The van der Waals surface area contributed by atoms with Gasteiger partial charge in [-0.1, -0.05) is 49.7 Å². The van der Waals surface area contributed by atoms with E-state index in [0.717, 1.165) is 40.2 Å². The van der Waals surface area contributed by atoms with Crippen LogP contribution in [-0.4, -0.2) is 22.8 Å². The molecule has 0 radical (unpaired) electrons. The molecule has 0 bridgehead atoms. The molecule has 1 heterocycles. The highest BCUT2D eigenvalue weighted by atomic mass is 16.5. The molecule has 1 aromatic heterocycles. The van der Waals surface area contributed by atoms with Crippen LogP contribution in [0.1, 0.15) is 25.3 Å². The molecule has 0 fully saturated rings. The second-order valence-electron chi connectivity index (χ2n) is 5.58. The maximum absolute atomic E-state index is 9.82. The Labute approximate surface area is 130 Å². The number of fused-ring (bicyclic) bond motifs is 2. The Morgan fingerprint density at radius 1 is 1.00 bits per heavy atom. The van der Waals surface area contributed by atoms with Crippen molar-refractivity contribution >= 4 is 21.8 Å². The van der Waals surface area contributed by atoms with Crippen molar-refractivity contribution in [2.45, 2.75) is 32.5 Å². The van der Waals surface area contributed by atoms with Crippen LogP contribution >= 0.6 is 0 Å². The lowest BCUT2D eigenvalue weighted by molar-refractivity contribution is 0.0250. The molecule has 1 atom stereocenters. The Kier molecular flexibility index (Phi) is 4.66. The van der Waals surface area contributed by atoms with E-state index in [-0.39, 0.29) is 6.10 Å². The first-order valence-corrected chi connectivity index (χ1v) is 7.81. The van der Waals surface area contributed by atoms with E-state index in [1.165, 1.54) is 0 Å². The van der Waals surface area contributed by atoms with Gasteiger partial charge in [0.05, 0.1) is 30.4 Å². The summed E-state index contributed by atoms with van der Waals surface area (Å²) in [6.45, 7) is 2.93. The molecule has 3 rings (SSSR count). The van der Waals surface area contributed by atoms with Gasteiger partial charge in [-0.15, -0.1) is 0 Å². The van der Waals surface area contributed by atoms with Crippen LogP contribution in [-0.2, 0) is 11.3 Å². The Morgan fingerprint density at radius 3 is 2.18 bits per heavy atom. The van der Waals surface area contributed by atoms with Crippen LogP contribution < -0.4 is 0 Å². The number of hydrogen-bond donors (Lipinski definition) is 1. The summed E-state index contributed by atoms with van der Waals surface area (Å²) in [7, 11) is 0. The van der Waals surface area contributed by atoms with E-state index in [2.05, 4.69) is 19.1 Å². The lowest BCUT2D eigenvalue weighted by atomic mass is 10.0. The number of rotatable bonds is 6. The molecule has 0 aliphatic heterocycles. The van der Waals surface area contributed by atoms with Crippen molar-refractivity contribution < 1.29 is 9.84 Å². The van der Waals surface area contributed by atoms with E-state index in [0.29, 0.717) is 13.2 Å². The predicted octanol–water partition coefficient (Wildman–Crippen LogP) is 4.07. The summed E-state index contributed by atoms with van der Waals surface area (Å²) in [5.41, 5.74) is 3.10. The van der Waals surface area contributed by atoms with E-state index in [1.54, 1.807) is 0 Å². The van der Waals surface area contributed by atoms with Gasteiger partial charge in [-0.05, 0) is 24.1 Å². The summed E-state index contributed by atoms with van der Waals surface area (Å²) < 4.78 is 5.77. The first kappa shape index (κ1) is 14.9. The van der Waals surface area contributed by atoms with Gasteiger partial charge in [0.1, 0.15) is 0 Å². The zero-order chi connectivity index (χ0) is 15.4. The van der Waals surface area contributed by atoms with E-state index in [4.69, 9.17) is 9.72 Å². The number of benzene rings is 2. The van der Waals surface area contributed by atoms with Gasteiger partial charge in [0.15, 0.2) is 0 Å².